The summed E-state index contributed by atoms with van der Waals surface area (Å²) < 4.78 is 17.4. The molecular formula is C21H13BrN2O4. The zero-order valence-electron chi connectivity index (χ0n) is 14.4. The second-order valence-electron chi connectivity index (χ2n) is 6.23. The van der Waals surface area contributed by atoms with Gasteiger partial charge in [0.2, 0.25) is 12.7 Å². The third-order valence-electron chi connectivity index (χ3n) is 4.37. The highest BCUT2D eigenvalue weighted by Gasteiger charge is 2.17. The smallest absolute Gasteiger partial charge is 0.255 e. The normalized spacial score (nSPS) is 12.3. The summed E-state index contributed by atoms with van der Waals surface area (Å²) in [5, 5.41) is 2.87. The van der Waals surface area contributed by atoms with Crippen molar-refractivity contribution in [3.63, 3.8) is 0 Å². The predicted molar refractivity (Wildman–Crippen MR) is 108 cm³/mol. The molecule has 0 spiro atoms. The van der Waals surface area contributed by atoms with Gasteiger partial charge in [0.1, 0.15) is 5.52 Å². The lowest BCUT2D eigenvalue weighted by atomic mass is 10.2. The molecule has 5 rings (SSSR count). The summed E-state index contributed by atoms with van der Waals surface area (Å²) in [5.41, 5.74) is 3.32. The highest BCUT2D eigenvalue weighted by Crippen LogP contribution is 2.33. The minimum atomic E-state index is -0.241. The number of rotatable bonds is 3. The first-order valence-corrected chi connectivity index (χ1v) is 9.32. The van der Waals surface area contributed by atoms with Crippen LogP contribution in [0, 0.1) is 0 Å². The van der Waals surface area contributed by atoms with Gasteiger partial charge in [-0.25, -0.2) is 4.98 Å². The van der Waals surface area contributed by atoms with Gasteiger partial charge in [-0.05, 0) is 60.7 Å². The fraction of sp³-hybridized carbons (Fsp3) is 0.0476. The number of carbonyl (C=O) groups is 1. The lowest BCUT2D eigenvalue weighted by Gasteiger charge is -2.05. The molecule has 4 aromatic rings. The number of fused-ring (bicyclic) bond motifs is 2. The topological polar surface area (TPSA) is 73.6 Å². The second kappa shape index (κ2) is 6.69. The van der Waals surface area contributed by atoms with Crippen molar-refractivity contribution in [2.45, 2.75) is 0 Å². The average Bonchev–Trinajstić information content (AvgIpc) is 3.34. The third kappa shape index (κ3) is 3.10. The minimum absolute atomic E-state index is 0.171. The number of nitrogens with zero attached hydrogens (tertiary/aromatic N) is 1. The first kappa shape index (κ1) is 16.8. The Kier molecular flexibility index (Phi) is 4.02. The van der Waals surface area contributed by atoms with E-state index in [0.29, 0.717) is 39.7 Å². The van der Waals surface area contributed by atoms with E-state index in [9.17, 15) is 4.79 Å². The number of benzene rings is 3. The lowest BCUT2D eigenvalue weighted by molar-refractivity contribution is 0.102. The molecule has 0 bridgehead atoms. The van der Waals surface area contributed by atoms with E-state index >= 15 is 0 Å². The molecule has 6 nitrogen and oxygen atoms in total. The molecule has 1 aliphatic heterocycles. The quantitative estimate of drug-likeness (QED) is 0.475. The Hall–Kier alpha value is -3.32. The molecule has 0 aliphatic carbocycles. The van der Waals surface area contributed by atoms with Crippen LogP contribution in [0.3, 0.4) is 0 Å². The van der Waals surface area contributed by atoms with Crippen molar-refractivity contribution in [2.75, 3.05) is 12.1 Å². The summed E-state index contributed by atoms with van der Waals surface area (Å²) in [6.07, 6.45) is 0. The van der Waals surface area contributed by atoms with Gasteiger partial charge in [0.05, 0.1) is 0 Å². The lowest BCUT2D eigenvalue weighted by Crippen LogP contribution is -2.11. The van der Waals surface area contributed by atoms with Crippen LogP contribution in [0.5, 0.6) is 11.5 Å². The van der Waals surface area contributed by atoms with Crippen molar-refractivity contribution in [2.24, 2.45) is 0 Å². The minimum Gasteiger partial charge on any atom is -0.454 e. The zero-order chi connectivity index (χ0) is 19.1. The van der Waals surface area contributed by atoms with Crippen LogP contribution in [0.1, 0.15) is 10.4 Å². The molecule has 1 amide bonds. The van der Waals surface area contributed by atoms with Gasteiger partial charge in [-0.1, -0.05) is 15.9 Å². The van der Waals surface area contributed by atoms with Crippen molar-refractivity contribution < 1.29 is 18.7 Å². The third-order valence-corrected chi connectivity index (χ3v) is 4.90. The van der Waals surface area contributed by atoms with Crippen molar-refractivity contribution in [1.29, 1.82) is 0 Å². The standard InChI is InChI=1S/C21H13BrN2O4/c22-14-4-1-12(2-5-14)21-24-16-10-15(6-8-17(16)28-21)23-20(25)13-3-7-18-19(9-13)27-11-26-18/h1-10H,11H2,(H,23,25). The molecule has 7 heteroatoms. The predicted octanol–water partition coefficient (Wildman–Crippen LogP) is 5.24. The van der Waals surface area contributed by atoms with Crippen LogP contribution >= 0.6 is 15.9 Å². The monoisotopic (exact) mass is 436 g/mol. The molecule has 0 saturated heterocycles. The van der Waals surface area contributed by atoms with Crippen molar-refractivity contribution >= 4 is 38.6 Å². The maximum atomic E-state index is 12.6. The molecular weight excluding hydrogens is 424 g/mol. The van der Waals surface area contributed by atoms with Crippen LogP contribution in [-0.4, -0.2) is 17.7 Å². The number of hydrogen-bond acceptors (Lipinski definition) is 5. The van der Waals surface area contributed by atoms with Gasteiger partial charge in [0.25, 0.3) is 5.91 Å². The molecule has 0 atom stereocenters. The number of nitrogens with one attached hydrogen (secondary N) is 1. The van der Waals surface area contributed by atoms with E-state index in [1.807, 2.05) is 24.3 Å². The number of hydrogen-bond donors (Lipinski definition) is 1. The van der Waals surface area contributed by atoms with E-state index in [1.54, 1.807) is 36.4 Å². The largest absolute Gasteiger partial charge is 0.454 e. The fourth-order valence-corrected chi connectivity index (χ4v) is 3.23. The van der Waals surface area contributed by atoms with E-state index in [2.05, 4.69) is 26.2 Å². The van der Waals surface area contributed by atoms with Crippen molar-refractivity contribution in [3.8, 4) is 23.0 Å². The molecule has 28 heavy (non-hydrogen) atoms. The number of anilines is 1. The molecule has 138 valence electrons. The van der Waals surface area contributed by atoms with Gasteiger partial charge in [-0.2, -0.15) is 0 Å². The molecule has 1 aliphatic rings. The van der Waals surface area contributed by atoms with Crippen molar-refractivity contribution in [1.82, 2.24) is 4.98 Å². The molecule has 1 N–H and O–H groups in total. The Morgan fingerprint density at radius 2 is 1.79 bits per heavy atom. The Balaban J connectivity index is 1.40. The number of carbonyl (C=O) groups excluding carboxylic acids is 1. The summed E-state index contributed by atoms with van der Waals surface area (Å²) in [7, 11) is 0. The number of oxazole rings is 1. The summed E-state index contributed by atoms with van der Waals surface area (Å²) in [4.78, 5) is 17.1. The summed E-state index contributed by atoms with van der Waals surface area (Å²) in [5.74, 6) is 1.50. The summed E-state index contributed by atoms with van der Waals surface area (Å²) in [6.45, 7) is 0.171. The van der Waals surface area contributed by atoms with E-state index < -0.39 is 0 Å². The van der Waals surface area contributed by atoms with E-state index in [-0.39, 0.29) is 12.7 Å². The fourth-order valence-electron chi connectivity index (χ4n) is 2.96. The first-order valence-electron chi connectivity index (χ1n) is 8.53. The molecule has 0 fully saturated rings. The number of amides is 1. The number of halogens is 1. The molecule has 2 heterocycles. The van der Waals surface area contributed by atoms with Gasteiger partial charge in [0.15, 0.2) is 17.1 Å². The highest BCUT2D eigenvalue weighted by molar-refractivity contribution is 9.10. The van der Waals surface area contributed by atoms with Gasteiger partial charge < -0.3 is 19.2 Å². The van der Waals surface area contributed by atoms with E-state index in [4.69, 9.17) is 13.9 Å². The van der Waals surface area contributed by atoms with Crippen LogP contribution in [0.2, 0.25) is 0 Å². The van der Waals surface area contributed by atoms with E-state index in [1.165, 1.54) is 0 Å². The summed E-state index contributed by atoms with van der Waals surface area (Å²) in [6, 6.07) is 18.2. The molecule has 0 radical (unpaired) electrons. The molecule has 0 unspecified atom stereocenters. The SMILES string of the molecule is O=C(Nc1ccc2oc(-c3ccc(Br)cc3)nc2c1)c1ccc2c(c1)OCO2. The number of aromatic nitrogens is 1. The van der Waals surface area contributed by atoms with Gasteiger partial charge >= 0.3 is 0 Å². The van der Waals surface area contributed by atoms with E-state index in [0.717, 1.165) is 10.0 Å². The second-order valence-corrected chi connectivity index (χ2v) is 7.15. The van der Waals surface area contributed by atoms with Crippen LogP contribution < -0.4 is 14.8 Å². The Bertz CT molecular complexity index is 1200. The van der Waals surface area contributed by atoms with Gasteiger partial charge in [0, 0.05) is 21.3 Å². The highest BCUT2D eigenvalue weighted by atomic mass is 79.9. The van der Waals surface area contributed by atoms with Crippen LogP contribution in [0.4, 0.5) is 5.69 Å². The van der Waals surface area contributed by atoms with Crippen molar-refractivity contribution in [3.05, 3.63) is 70.7 Å². The maximum Gasteiger partial charge on any atom is 0.255 e. The van der Waals surface area contributed by atoms with Crippen LogP contribution in [0.25, 0.3) is 22.6 Å². The van der Waals surface area contributed by atoms with Crippen LogP contribution in [-0.2, 0) is 0 Å². The van der Waals surface area contributed by atoms with Gasteiger partial charge in [-0.3, -0.25) is 4.79 Å². The maximum absolute atomic E-state index is 12.6. The zero-order valence-corrected chi connectivity index (χ0v) is 16.0. The number of ether oxygens (including phenoxy) is 2. The molecule has 0 saturated carbocycles. The molecule has 3 aromatic carbocycles. The first-order chi connectivity index (χ1) is 13.7. The Morgan fingerprint density at radius 1 is 0.964 bits per heavy atom. The Labute approximate surface area is 168 Å². The summed E-state index contributed by atoms with van der Waals surface area (Å²) >= 11 is 3.41. The average molecular weight is 437 g/mol. The van der Waals surface area contributed by atoms with Crippen LogP contribution in [0.15, 0.2) is 69.6 Å². The Morgan fingerprint density at radius 3 is 2.64 bits per heavy atom. The molecule has 1 aromatic heterocycles. The van der Waals surface area contributed by atoms with Gasteiger partial charge in [-0.15, -0.1) is 0 Å².